The Balaban J connectivity index is 0.000000421. The fourth-order valence-corrected chi connectivity index (χ4v) is 16.0. The van der Waals surface area contributed by atoms with Crippen molar-refractivity contribution in [3.05, 3.63) is 60.7 Å². The van der Waals surface area contributed by atoms with Crippen LogP contribution in [0.5, 0.6) is 0 Å². The molecule has 0 spiro atoms. The van der Waals surface area contributed by atoms with Crippen molar-refractivity contribution in [2.45, 2.75) is 40.8 Å². The fourth-order valence-electron chi connectivity index (χ4n) is 3.97. The van der Waals surface area contributed by atoms with Gasteiger partial charge < -0.3 is 43.6 Å². The normalized spacial score (nSPS) is 12.7. The maximum Gasteiger partial charge on any atom is 0.529 e. The van der Waals surface area contributed by atoms with Crippen LogP contribution in [-0.2, 0) is 43.6 Å². The van der Waals surface area contributed by atoms with E-state index in [-0.39, 0.29) is 0 Å². The van der Waals surface area contributed by atoms with Crippen LogP contribution in [0.4, 0.5) is 0 Å². The Morgan fingerprint density at radius 1 is 0.450 bits per heavy atom. The first-order chi connectivity index (χ1) is 19.1. The van der Waals surface area contributed by atoms with Gasteiger partial charge >= 0.3 is 35.2 Å². The molecular formula is C26H48O10Si4. The minimum atomic E-state index is -3.17. The highest BCUT2D eigenvalue weighted by Gasteiger charge is 2.55. The van der Waals surface area contributed by atoms with E-state index in [4.69, 9.17) is 43.6 Å². The molecular weight excluding hydrogens is 585 g/mol. The molecule has 0 aliphatic carbocycles. The lowest BCUT2D eigenvalue weighted by Gasteiger charge is -2.35. The van der Waals surface area contributed by atoms with E-state index < -0.39 is 35.2 Å². The van der Waals surface area contributed by atoms with E-state index in [0.29, 0.717) is 26.4 Å². The molecule has 0 heterocycles. The van der Waals surface area contributed by atoms with Gasteiger partial charge in [-0.05, 0) is 27.7 Å². The zero-order chi connectivity index (χ0) is 30.1. The number of hydrogen-bond donors (Lipinski definition) is 0. The zero-order valence-electron chi connectivity index (χ0n) is 25.7. The molecule has 0 bridgehead atoms. The van der Waals surface area contributed by atoms with Crippen LogP contribution in [0, 0.1) is 0 Å². The Hall–Kier alpha value is -1.09. The lowest BCUT2D eigenvalue weighted by Crippen LogP contribution is -2.67. The van der Waals surface area contributed by atoms with Gasteiger partial charge in [-0.2, -0.15) is 0 Å². The second-order valence-electron chi connectivity index (χ2n) is 8.32. The molecule has 10 nitrogen and oxygen atoms in total. The van der Waals surface area contributed by atoms with Crippen LogP contribution in [-0.4, -0.2) is 90.1 Å². The molecule has 0 aromatic heterocycles. The summed E-state index contributed by atoms with van der Waals surface area (Å²) in [5, 5.41) is 1.71. The van der Waals surface area contributed by atoms with Gasteiger partial charge in [0.15, 0.2) is 0 Å². The number of benzene rings is 2. The van der Waals surface area contributed by atoms with Gasteiger partial charge in [0, 0.05) is 78.3 Å². The minimum Gasteiger partial charge on any atom is -0.374 e. The molecule has 0 unspecified atom stereocenters. The second kappa shape index (κ2) is 18.4. The van der Waals surface area contributed by atoms with Gasteiger partial charge in [-0.1, -0.05) is 60.7 Å². The predicted molar refractivity (Wildman–Crippen MR) is 164 cm³/mol. The van der Waals surface area contributed by atoms with Crippen LogP contribution in [0.25, 0.3) is 0 Å². The topological polar surface area (TPSA) is 92.3 Å². The third-order valence-electron chi connectivity index (χ3n) is 5.60. The van der Waals surface area contributed by atoms with E-state index in [1.165, 1.54) is 0 Å². The van der Waals surface area contributed by atoms with Gasteiger partial charge in [0.25, 0.3) is 0 Å². The molecule has 0 aliphatic rings. The summed E-state index contributed by atoms with van der Waals surface area (Å²) < 4.78 is 57.8. The third-order valence-corrected chi connectivity index (χ3v) is 18.2. The molecule has 2 aromatic carbocycles. The van der Waals surface area contributed by atoms with Crippen molar-refractivity contribution in [3.8, 4) is 0 Å². The van der Waals surface area contributed by atoms with Crippen molar-refractivity contribution in [1.82, 2.24) is 0 Å². The molecule has 2 aromatic rings. The fraction of sp³-hybridized carbons (Fsp3) is 0.538. The second-order valence-corrected chi connectivity index (χ2v) is 19.6. The SMILES string of the molecule is CCO[Si](C)(OCC)O[Si](C)(OCC)OCC.CO[Si](OC)(O[Si](OC)(OC)c1ccccc1)c1ccccc1. The zero-order valence-corrected chi connectivity index (χ0v) is 29.7. The van der Waals surface area contributed by atoms with Gasteiger partial charge in [0.05, 0.1) is 0 Å². The van der Waals surface area contributed by atoms with E-state index in [9.17, 15) is 0 Å². The summed E-state index contributed by atoms with van der Waals surface area (Å²) in [5.41, 5.74) is 0. The molecule has 0 saturated heterocycles. The Labute approximate surface area is 245 Å². The molecule has 0 fully saturated rings. The molecule has 0 N–H and O–H groups in total. The molecule has 0 saturated carbocycles. The van der Waals surface area contributed by atoms with Gasteiger partial charge in [-0.15, -0.1) is 0 Å². The van der Waals surface area contributed by atoms with Crippen LogP contribution in [0.15, 0.2) is 60.7 Å². The smallest absolute Gasteiger partial charge is 0.374 e. The Kier molecular flexibility index (Phi) is 17.0. The largest absolute Gasteiger partial charge is 0.529 e. The van der Waals surface area contributed by atoms with Gasteiger partial charge in [0.1, 0.15) is 0 Å². The average Bonchev–Trinajstić information content (AvgIpc) is 2.96. The highest BCUT2D eigenvalue weighted by atomic mass is 28.5. The standard InChI is InChI=1S/C16H22O5Si2.C10H26O5Si2/c1-17-22(18-2,15-11-7-5-8-12-15)21-23(19-3,20-4)16-13-9-6-10-14-16;1-7-11-16(5,12-8-2)15-17(6,13-9-3)14-10-4/h5-14H,1-4H3;7-10H2,1-6H3. The highest BCUT2D eigenvalue weighted by Crippen LogP contribution is 2.20. The number of hydrogen-bond acceptors (Lipinski definition) is 10. The average molecular weight is 633 g/mol. The molecule has 0 radical (unpaired) electrons. The first-order valence-electron chi connectivity index (χ1n) is 13.4. The van der Waals surface area contributed by atoms with Crippen LogP contribution in [0.1, 0.15) is 27.7 Å². The van der Waals surface area contributed by atoms with Crippen molar-refractivity contribution in [3.63, 3.8) is 0 Å². The minimum absolute atomic E-state index is 0.561. The van der Waals surface area contributed by atoms with Gasteiger partial charge in [-0.3, -0.25) is 0 Å². The Morgan fingerprint density at radius 2 is 0.725 bits per heavy atom. The van der Waals surface area contributed by atoms with Crippen LogP contribution < -0.4 is 10.4 Å². The summed E-state index contributed by atoms with van der Waals surface area (Å²) in [6.45, 7) is 13.7. The summed E-state index contributed by atoms with van der Waals surface area (Å²) in [5.74, 6) is 0. The third kappa shape index (κ3) is 10.6. The molecule has 0 amide bonds. The first-order valence-corrected chi connectivity index (χ1v) is 21.3. The van der Waals surface area contributed by atoms with Crippen molar-refractivity contribution in [1.29, 1.82) is 0 Å². The van der Waals surface area contributed by atoms with Crippen LogP contribution in [0.2, 0.25) is 13.1 Å². The lowest BCUT2D eigenvalue weighted by atomic mass is 10.4. The molecule has 2 rings (SSSR count). The van der Waals surface area contributed by atoms with E-state index >= 15 is 0 Å². The maximum atomic E-state index is 6.38. The monoisotopic (exact) mass is 632 g/mol. The maximum absolute atomic E-state index is 6.38. The van der Waals surface area contributed by atoms with Crippen molar-refractivity contribution >= 4 is 45.6 Å². The van der Waals surface area contributed by atoms with Gasteiger partial charge in [-0.25, -0.2) is 0 Å². The Bertz CT molecular complexity index is 833. The lowest BCUT2D eigenvalue weighted by molar-refractivity contribution is 0.0580. The molecule has 228 valence electrons. The summed E-state index contributed by atoms with van der Waals surface area (Å²) in [7, 11) is -5.30. The summed E-state index contributed by atoms with van der Waals surface area (Å²) in [6.07, 6.45) is 0. The summed E-state index contributed by atoms with van der Waals surface area (Å²) in [6, 6.07) is 19.2. The van der Waals surface area contributed by atoms with E-state index in [0.717, 1.165) is 10.4 Å². The summed E-state index contributed by atoms with van der Waals surface area (Å²) >= 11 is 0. The van der Waals surface area contributed by atoms with Crippen LogP contribution >= 0.6 is 0 Å². The van der Waals surface area contributed by atoms with Crippen molar-refractivity contribution < 1.29 is 43.6 Å². The predicted octanol–water partition coefficient (Wildman–Crippen LogP) is 3.57. The molecule has 14 heteroatoms. The first kappa shape index (κ1) is 36.9. The Morgan fingerprint density at radius 3 is 0.950 bits per heavy atom. The van der Waals surface area contributed by atoms with Crippen molar-refractivity contribution in [2.75, 3.05) is 54.9 Å². The van der Waals surface area contributed by atoms with E-state index in [1.807, 2.05) is 101 Å². The van der Waals surface area contributed by atoms with Gasteiger partial charge in [0.2, 0.25) is 0 Å². The van der Waals surface area contributed by atoms with Crippen molar-refractivity contribution in [2.24, 2.45) is 0 Å². The van der Waals surface area contributed by atoms with Crippen LogP contribution in [0.3, 0.4) is 0 Å². The van der Waals surface area contributed by atoms with E-state index in [2.05, 4.69) is 0 Å². The summed E-state index contributed by atoms with van der Waals surface area (Å²) in [4.78, 5) is 0. The molecule has 0 aliphatic heterocycles. The molecule has 40 heavy (non-hydrogen) atoms. The molecule has 0 atom stereocenters. The highest BCUT2D eigenvalue weighted by molar-refractivity contribution is 6.88. The number of rotatable bonds is 18. The quantitative estimate of drug-likeness (QED) is 0.227. The van der Waals surface area contributed by atoms with E-state index in [1.54, 1.807) is 28.4 Å².